The van der Waals surface area contributed by atoms with Crippen LogP contribution in [0.5, 0.6) is 0 Å². The largest absolute Gasteiger partial charge is 0.465 e. The van der Waals surface area contributed by atoms with Crippen LogP contribution in [-0.4, -0.2) is 35.1 Å². The highest BCUT2D eigenvalue weighted by Gasteiger charge is 2.69. The van der Waals surface area contributed by atoms with Gasteiger partial charge in [-0.2, -0.15) is 0 Å². The van der Waals surface area contributed by atoms with E-state index in [1.807, 2.05) is 0 Å². The lowest BCUT2D eigenvalue weighted by molar-refractivity contribution is -0.384. The molecule has 0 radical (unpaired) electrons. The first-order chi connectivity index (χ1) is 17.3. The Bertz CT molecular complexity index is 1370. The number of halogens is 1. The average molecular weight is 505 g/mol. The van der Waals surface area contributed by atoms with Crippen LogP contribution in [0.15, 0.2) is 72.8 Å². The summed E-state index contributed by atoms with van der Waals surface area (Å²) in [4.78, 5) is 52.7. The molecule has 0 saturated carbocycles. The third-order valence-corrected chi connectivity index (χ3v) is 7.23. The first kappa shape index (κ1) is 23.8. The van der Waals surface area contributed by atoms with Gasteiger partial charge in [0.1, 0.15) is 11.5 Å². The number of nitrogens with zero attached hydrogens (tertiary/aromatic N) is 1. The van der Waals surface area contributed by atoms with E-state index >= 15 is 0 Å². The Morgan fingerprint density at radius 3 is 2.22 bits per heavy atom. The van der Waals surface area contributed by atoms with Crippen molar-refractivity contribution in [2.75, 3.05) is 6.61 Å². The van der Waals surface area contributed by atoms with Gasteiger partial charge in [0.15, 0.2) is 11.6 Å². The maximum absolute atomic E-state index is 14.2. The predicted molar refractivity (Wildman–Crippen MR) is 131 cm³/mol. The maximum atomic E-state index is 14.2. The number of benzene rings is 3. The van der Waals surface area contributed by atoms with Crippen LogP contribution in [0.3, 0.4) is 0 Å². The molecule has 0 unspecified atom stereocenters. The van der Waals surface area contributed by atoms with Gasteiger partial charge >= 0.3 is 5.97 Å². The smallest absolute Gasteiger partial charge is 0.323 e. The molecule has 1 aliphatic heterocycles. The molecule has 0 aromatic heterocycles. The Morgan fingerprint density at radius 1 is 1.00 bits per heavy atom. The summed E-state index contributed by atoms with van der Waals surface area (Å²) in [7, 11) is 0. The van der Waals surface area contributed by atoms with Gasteiger partial charge in [0.2, 0.25) is 0 Å². The highest BCUT2D eigenvalue weighted by Crippen LogP contribution is 2.59. The number of esters is 1. The molecule has 0 amide bonds. The number of fused-ring (bicyclic) bond motifs is 1. The molecular weight excluding hydrogens is 484 g/mol. The van der Waals surface area contributed by atoms with Gasteiger partial charge in [-0.05, 0) is 30.2 Å². The molecule has 1 spiro atoms. The number of nitro benzene ring substituents is 1. The van der Waals surface area contributed by atoms with Gasteiger partial charge in [-0.3, -0.25) is 29.8 Å². The Balaban J connectivity index is 1.80. The highest BCUT2D eigenvalue weighted by molar-refractivity contribution is 6.31. The summed E-state index contributed by atoms with van der Waals surface area (Å²) in [5.74, 6) is -2.61. The summed E-state index contributed by atoms with van der Waals surface area (Å²) >= 11 is 6.10. The number of rotatable bonds is 5. The molecule has 0 bridgehead atoms. The SMILES string of the molecule is CCOC(=O)[C@@H]1N[C@@H](c2ccc(Cl)cc2)C2(C(=O)c3ccccc3C2=O)[C@H]1c1cccc([N+](=O)[O-])c1. The summed E-state index contributed by atoms with van der Waals surface area (Å²) in [6.45, 7) is 1.74. The van der Waals surface area contributed by atoms with E-state index in [2.05, 4.69) is 5.32 Å². The second-order valence-corrected chi connectivity index (χ2v) is 9.22. The Morgan fingerprint density at radius 2 is 1.64 bits per heavy atom. The molecular formula is C27H21ClN2O6. The number of nitrogens with one attached hydrogen (secondary N) is 1. The molecule has 3 aromatic rings. The van der Waals surface area contributed by atoms with Crippen molar-refractivity contribution in [3.05, 3.63) is 110 Å². The van der Waals surface area contributed by atoms with E-state index in [0.29, 0.717) is 16.1 Å². The number of nitro groups is 1. The second-order valence-electron chi connectivity index (χ2n) is 8.78. The van der Waals surface area contributed by atoms with Gasteiger partial charge in [0.25, 0.3) is 5.69 Å². The number of ether oxygens (including phenoxy) is 1. The minimum atomic E-state index is -1.77. The molecule has 2 aliphatic rings. The second kappa shape index (κ2) is 8.96. The zero-order valence-electron chi connectivity index (χ0n) is 19.1. The van der Waals surface area contributed by atoms with E-state index in [1.165, 1.54) is 18.2 Å². The van der Waals surface area contributed by atoms with Gasteiger partial charge in [-0.25, -0.2) is 0 Å². The fraction of sp³-hybridized carbons (Fsp3) is 0.222. The molecule has 3 atom stereocenters. The first-order valence-electron chi connectivity index (χ1n) is 11.4. The number of ketones is 2. The molecule has 1 fully saturated rings. The fourth-order valence-electron chi connectivity index (χ4n) is 5.56. The Kier molecular flexibility index (Phi) is 5.94. The van der Waals surface area contributed by atoms with Gasteiger partial charge in [-0.1, -0.05) is 60.1 Å². The standard InChI is InChI=1S/C27H21ClN2O6/c1-2-36-26(33)22-21(16-6-5-7-18(14-16)30(34)35)27(23(29-22)15-10-12-17(28)13-11-15)24(31)19-8-3-4-9-20(19)25(27)32/h3-14,21-23,29H,2H2,1H3/t21-,22+,23-/m0/s1. The van der Waals surface area contributed by atoms with Crippen molar-refractivity contribution < 1.29 is 24.0 Å². The quantitative estimate of drug-likeness (QED) is 0.232. The molecule has 36 heavy (non-hydrogen) atoms. The predicted octanol–water partition coefficient (Wildman–Crippen LogP) is 4.67. The lowest BCUT2D eigenvalue weighted by atomic mass is 9.63. The number of non-ortho nitro benzene ring substituents is 1. The first-order valence-corrected chi connectivity index (χ1v) is 11.8. The van der Waals surface area contributed by atoms with Crippen LogP contribution in [0.25, 0.3) is 0 Å². The lowest BCUT2D eigenvalue weighted by Crippen LogP contribution is -2.43. The molecule has 3 aromatic carbocycles. The molecule has 1 N–H and O–H groups in total. The summed E-state index contributed by atoms with van der Waals surface area (Å²) in [6.07, 6.45) is 0. The number of hydrogen-bond acceptors (Lipinski definition) is 7. The minimum Gasteiger partial charge on any atom is -0.465 e. The van der Waals surface area contributed by atoms with Crippen LogP contribution in [0.4, 0.5) is 5.69 Å². The monoisotopic (exact) mass is 504 g/mol. The topological polar surface area (TPSA) is 116 Å². The van der Waals surface area contributed by atoms with Crippen molar-refractivity contribution in [1.29, 1.82) is 0 Å². The van der Waals surface area contributed by atoms with Gasteiger partial charge in [0, 0.05) is 34.2 Å². The summed E-state index contributed by atoms with van der Waals surface area (Å²) in [5, 5.41) is 15.3. The lowest BCUT2D eigenvalue weighted by Gasteiger charge is -2.33. The van der Waals surface area contributed by atoms with Crippen LogP contribution in [-0.2, 0) is 9.53 Å². The van der Waals surface area contributed by atoms with E-state index in [9.17, 15) is 24.5 Å². The summed E-state index contributed by atoms with van der Waals surface area (Å²) in [5.41, 5.74) is -0.580. The van der Waals surface area contributed by atoms with Crippen LogP contribution < -0.4 is 5.32 Å². The van der Waals surface area contributed by atoms with E-state index in [-0.39, 0.29) is 23.4 Å². The normalized spacial score (nSPS) is 22.0. The van der Waals surface area contributed by atoms with Crippen LogP contribution >= 0.6 is 11.6 Å². The molecule has 1 saturated heterocycles. The molecule has 182 valence electrons. The van der Waals surface area contributed by atoms with Crippen molar-refractivity contribution in [2.45, 2.75) is 24.9 Å². The maximum Gasteiger partial charge on any atom is 0.323 e. The van der Waals surface area contributed by atoms with E-state index in [1.54, 1.807) is 61.5 Å². The number of hydrogen-bond donors (Lipinski definition) is 1. The van der Waals surface area contributed by atoms with Crippen molar-refractivity contribution in [1.82, 2.24) is 5.32 Å². The van der Waals surface area contributed by atoms with Crippen LogP contribution in [0.2, 0.25) is 5.02 Å². The third-order valence-electron chi connectivity index (χ3n) is 6.98. The van der Waals surface area contributed by atoms with Crippen molar-refractivity contribution in [3.63, 3.8) is 0 Å². The van der Waals surface area contributed by atoms with Crippen molar-refractivity contribution >= 4 is 34.8 Å². The van der Waals surface area contributed by atoms with Gasteiger partial charge in [0.05, 0.1) is 17.6 Å². The Hall–Kier alpha value is -3.88. The zero-order valence-corrected chi connectivity index (χ0v) is 19.9. The number of carbonyl (C=O) groups is 3. The molecule has 5 rings (SSSR count). The molecule has 9 heteroatoms. The van der Waals surface area contributed by atoms with Crippen molar-refractivity contribution in [2.24, 2.45) is 5.41 Å². The molecule has 1 heterocycles. The zero-order chi connectivity index (χ0) is 25.6. The number of Topliss-reactive ketones (excluding diaryl/α,β-unsaturated/α-hetero) is 2. The highest BCUT2D eigenvalue weighted by atomic mass is 35.5. The van der Waals surface area contributed by atoms with Crippen LogP contribution in [0.1, 0.15) is 50.7 Å². The number of carbonyl (C=O) groups excluding carboxylic acids is 3. The minimum absolute atomic E-state index is 0.0827. The van der Waals surface area contributed by atoms with Gasteiger partial charge < -0.3 is 4.74 Å². The Labute approximate surface area is 211 Å². The fourth-order valence-corrected chi connectivity index (χ4v) is 5.69. The van der Waals surface area contributed by atoms with E-state index < -0.39 is 45.9 Å². The van der Waals surface area contributed by atoms with Gasteiger partial charge in [-0.15, -0.1) is 0 Å². The average Bonchev–Trinajstić information content (AvgIpc) is 3.35. The summed E-state index contributed by atoms with van der Waals surface area (Å²) in [6, 6.07) is 16.9. The third kappa shape index (κ3) is 3.44. The van der Waals surface area contributed by atoms with E-state index in [0.717, 1.165) is 0 Å². The molecule has 8 nitrogen and oxygen atoms in total. The van der Waals surface area contributed by atoms with Crippen molar-refractivity contribution in [3.8, 4) is 0 Å². The van der Waals surface area contributed by atoms with Crippen LogP contribution in [0, 0.1) is 15.5 Å². The van der Waals surface area contributed by atoms with E-state index in [4.69, 9.17) is 16.3 Å². The molecule has 1 aliphatic carbocycles. The summed E-state index contributed by atoms with van der Waals surface area (Å²) < 4.78 is 5.33.